The largest absolute Gasteiger partial charge is 0.372 e. The SMILES string of the molecule is NC(N)=NCC[C@H](CNc1ncc[nH]1)OCc1ccc(-n2cc3cc([C@@H]4CCNC4)[nH]c3nc2=O)cc1. The minimum absolute atomic E-state index is 0.0580. The number of hydrogen-bond donors (Lipinski definition) is 6. The van der Waals surface area contributed by atoms with Crippen LogP contribution < -0.4 is 27.8 Å². The summed E-state index contributed by atoms with van der Waals surface area (Å²) in [5, 5.41) is 7.51. The van der Waals surface area contributed by atoms with E-state index in [0.717, 1.165) is 41.8 Å². The Hall–Kier alpha value is -4.16. The molecule has 3 aromatic heterocycles. The first-order valence-corrected chi connectivity index (χ1v) is 12.4. The highest BCUT2D eigenvalue weighted by atomic mass is 16.5. The number of imidazole rings is 1. The molecule has 0 unspecified atom stereocenters. The Kier molecular flexibility index (Phi) is 7.47. The molecular formula is C25H32N10O2. The van der Waals surface area contributed by atoms with Crippen molar-refractivity contribution in [1.82, 2.24) is 29.8 Å². The second kappa shape index (κ2) is 11.3. The van der Waals surface area contributed by atoms with E-state index in [1.54, 1.807) is 17.0 Å². The third-order valence-corrected chi connectivity index (χ3v) is 6.47. The molecule has 12 heteroatoms. The minimum Gasteiger partial charge on any atom is -0.372 e. The molecule has 4 heterocycles. The summed E-state index contributed by atoms with van der Waals surface area (Å²) in [5.41, 5.74) is 14.1. The summed E-state index contributed by atoms with van der Waals surface area (Å²) >= 11 is 0. The number of rotatable bonds is 11. The third-order valence-electron chi connectivity index (χ3n) is 6.47. The number of aromatic amines is 2. The molecule has 12 nitrogen and oxygen atoms in total. The molecule has 1 saturated heterocycles. The maximum atomic E-state index is 12.7. The Labute approximate surface area is 213 Å². The normalized spacial score (nSPS) is 16.2. The van der Waals surface area contributed by atoms with Crippen molar-refractivity contribution >= 4 is 22.9 Å². The van der Waals surface area contributed by atoms with Gasteiger partial charge in [0.05, 0.1) is 18.4 Å². The number of H-pyrrole nitrogens is 2. The highest BCUT2D eigenvalue weighted by Gasteiger charge is 2.19. The molecule has 194 valence electrons. The van der Waals surface area contributed by atoms with Gasteiger partial charge in [-0.2, -0.15) is 4.98 Å². The molecular weight excluding hydrogens is 472 g/mol. The van der Waals surface area contributed by atoms with Crippen LogP contribution in [-0.2, 0) is 11.3 Å². The zero-order chi connectivity index (χ0) is 25.6. The molecule has 2 atom stereocenters. The second-order valence-electron chi connectivity index (χ2n) is 9.13. The van der Waals surface area contributed by atoms with E-state index in [0.29, 0.717) is 43.6 Å². The van der Waals surface area contributed by atoms with Gasteiger partial charge in [-0.3, -0.25) is 9.56 Å². The van der Waals surface area contributed by atoms with Crippen LogP contribution in [0.3, 0.4) is 0 Å². The van der Waals surface area contributed by atoms with E-state index >= 15 is 0 Å². The van der Waals surface area contributed by atoms with Crippen LogP contribution >= 0.6 is 0 Å². The number of ether oxygens (including phenoxy) is 1. The molecule has 1 aliphatic rings. The Bertz CT molecular complexity index is 1380. The fraction of sp³-hybridized carbons (Fsp3) is 0.360. The predicted octanol–water partition coefficient (Wildman–Crippen LogP) is 1.17. The zero-order valence-corrected chi connectivity index (χ0v) is 20.5. The third kappa shape index (κ3) is 6.16. The number of nitrogens with one attached hydrogen (secondary N) is 4. The lowest BCUT2D eigenvalue weighted by atomic mass is 10.1. The van der Waals surface area contributed by atoms with Gasteiger partial charge in [0.15, 0.2) is 11.9 Å². The number of nitrogens with two attached hydrogens (primary N) is 2. The molecule has 0 saturated carbocycles. The number of anilines is 1. The van der Waals surface area contributed by atoms with Crippen molar-refractivity contribution in [2.24, 2.45) is 16.5 Å². The van der Waals surface area contributed by atoms with E-state index in [4.69, 9.17) is 16.2 Å². The van der Waals surface area contributed by atoms with Gasteiger partial charge in [0.1, 0.15) is 5.65 Å². The Morgan fingerprint density at radius 2 is 2.16 bits per heavy atom. The summed E-state index contributed by atoms with van der Waals surface area (Å²) in [5.74, 6) is 1.16. The molecule has 8 N–H and O–H groups in total. The van der Waals surface area contributed by atoms with Crippen molar-refractivity contribution in [3.05, 3.63) is 70.7 Å². The Morgan fingerprint density at radius 1 is 1.30 bits per heavy atom. The highest BCUT2D eigenvalue weighted by molar-refractivity contribution is 5.76. The topological polar surface area (TPSA) is 177 Å². The molecule has 4 aromatic rings. The molecule has 0 radical (unpaired) electrons. The van der Waals surface area contributed by atoms with Crippen LogP contribution in [0.1, 0.15) is 30.0 Å². The molecule has 1 fully saturated rings. The van der Waals surface area contributed by atoms with E-state index in [1.165, 1.54) is 0 Å². The Balaban J connectivity index is 1.25. The van der Waals surface area contributed by atoms with Crippen LogP contribution in [0.15, 0.2) is 58.7 Å². The zero-order valence-electron chi connectivity index (χ0n) is 20.5. The molecule has 0 amide bonds. The van der Waals surface area contributed by atoms with Crippen LogP contribution in [0.25, 0.3) is 16.7 Å². The summed E-state index contributed by atoms with van der Waals surface area (Å²) < 4.78 is 7.71. The van der Waals surface area contributed by atoms with Crippen molar-refractivity contribution in [1.29, 1.82) is 0 Å². The monoisotopic (exact) mass is 504 g/mol. The lowest BCUT2D eigenvalue weighted by Crippen LogP contribution is -2.27. The van der Waals surface area contributed by atoms with Gasteiger partial charge in [0, 0.05) is 55.2 Å². The van der Waals surface area contributed by atoms with E-state index in [9.17, 15) is 4.79 Å². The number of aromatic nitrogens is 5. The predicted molar refractivity (Wildman–Crippen MR) is 143 cm³/mol. The van der Waals surface area contributed by atoms with Crippen LogP contribution in [0, 0.1) is 0 Å². The van der Waals surface area contributed by atoms with E-state index < -0.39 is 0 Å². The van der Waals surface area contributed by atoms with Gasteiger partial charge >= 0.3 is 5.69 Å². The lowest BCUT2D eigenvalue weighted by molar-refractivity contribution is 0.0452. The molecule has 1 aromatic carbocycles. The summed E-state index contributed by atoms with van der Waals surface area (Å²) in [6.07, 6.45) is 6.85. The van der Waals surface area contributed by atoms with E-state index in [1.807, 2.05) is 30.5 Å². The first-order valence-electron chi connectivity index (χ1n) is 12.4. The van der Waals surface area contributed by atoms with E-state index in [2.05, 4.69) is 41.6 Å². The number of fused-ring (bicyclic) bond motifs is 1. The molecule has 0 spiro atoms. The summed E-state index contributed by atoms with van der Waals surface area (Å²) in [6, 6.07) is 9.80. The van der Waals surface area contributed by atoms with Gasteiger partial charge in [-0.05, 0) is 43.1 Å². The van der Waals surface area contributed by atoms with Gasteiger partial charge in [-0.1, -0.05) is 12.1 Å². The smallest absolute Gasteiger partial charge is 0.354 e. The van der Waals surface area contributed by atoms with Gasteiger partial charge in [0.2, 0.25) is 0 Å². The maximum absolute atomic E-state index is 12.7. The number of aliphatic imine (C=N–C) groups is 1. The van der Waals surface area contributed by atoms with Crippen LogP contribution in [0.2, 0.25) is 0 Å². The van der Waals surface area contributed by atoms with Gasteiger partial charge in [-0.25, -0.2) is 9.78 Å². The van der Waals surface area contributed by atoms with Crippen LogP contribution in [0.5, 0.6) is 0 Å². The minimum atomic E-state index is -0.321. The fourth-order valence-corrected chi connectivity index (χ4v) is 4.46. The number of nitrogens with zero attached hydrogens (tertiary/aromatic N) is 4. The second-order valence-corrected chi connectivity index (χ2v) is 9.13. The van der Waals surface area contributed by atoms with Crippen molar-refractivity contribution in [2.45, 2.75) is 31.5 Å². The van der Waals surface area contributed by atoms with Crippen molar-refractivity contribution in [2.75, 3.05) is 31.5 Å². The first-order chi connectivity index (χ1) is 18.0. The van der Waals surface area contributed by atoms with Crippen molar-refractivity contribution < 1.29 is 4.74 Å². The molecule has 37 heavy (non-hydrogen) atoms. The lowest BCUT2D eigenvalue weighted by Gasteiger charge is -2.18. The number of hydrogen-bond acceptors (Lipinski definition) is 7. The molecule has 1 aliphatic heterocycles. The summed E-state index contributed by atoms with van der Waals surface area (Å²) in [7, 11) is 0. The van der Waals surface area contributed by atoms with Crippen molar-refractivity contribution in [3.8, 4) is 5.69 Å². The van der Waals surface area contributed by atoms with Crippen molar-refractivity contribution in [3.63, 3.8) is 0 Å². The average Bonchev–Trinajstić information content (AvgIpc) is 3.67. The van der Waals surface area contributed by atoms with Gasteiger partial charge in [-0.15, -0.1) is 0 Å². The van der Waals surface area contributed by atoms with Gasteiger partial charge < -0.3 is 36.8 Å². The molecule has 5 rings (SSSR count). The molecule has 0 aliphatic carbocycles. The summed E-state index contributed by atoms with van der Waals surface area (Å²) in [6.45, 7) is 3.35. The molecule has 0 bridgehead atoms. The van der Waals surface area contributed by atoms with Crippen LogP contribution in [0.4, 0.5) is 5.95 Å². The standard InChI is InChI=1S/C25H32N10O2/c26-23(27)29-8-6-20(13-32-24-30-9-10-31-24)37-15-16-1-3-19(4-2-16)35-14-18-11-21(17-5-7-28-12-17)33-22(18)34-25(35)36/h1-4,9-11,14,17,20,28H,5-8,12-13,15H2,(H4,26,27,29)(H2,30,31,32)(H,33,34,36)/t17-,20-/m1/s1. The first kappa shape index (κ1) is 24.5. The number of guanidine groups is 1. The average molecular weight is 505 g/mol. The van der Waals surface area contributed by atoms with Crippen LogP contribution in [-0.4, -0.2) is 62.7 Å². The number of benzene rings is 1. The Morgan fingerprint density at radius 3 is 2.89 bits per heavy atom. The summed E-state index contributed by atoms with van der Waals surface area (Å²) in [4.78, 5) is 31.6. The highest BCUT2D eigenvalue weighted by Crippen LogP contribution is 2.24. The maximum Gasteiger partial charge on any atom is 0.354 e. The van der Waals surface area contributed by atoms with E-state index in [-0.39, 0.29) is 17.8 Å². The quantitative estimate of drug-likeness (QED) is 0.130. The fourth-order valence-electron chi connectivity index (χ4n) is 4.46. The van der Waals surface area contributed by atoms with Gasteiger partial charge in [0.25, 0.3) is 0 Å².